The molecule has 1 fully saturated rings. The Morgan fingerprint density at radius 1 is 1.05 bits per heavy atom. The second-order valence-corrected chi connectivity index (χ2v) is 12.1. The van der Waals surface area contributed by atoms with E-state index < -0.39 is 17.1 Å². The lowest BCUT2D eigenvalue weighted by atomic mass is 9.87. The van der Waals surface area contributed by atoms with Crippen LogP contribution in [-0.4, -0.2) is 27.5 Å². The number of anilines is 2. The number of nitrogens with zero attached hydrogens (tertiary/aromatic N) is 2. The topological polar surface area (TPSA) is 102 Å². The summed E-state index contributed by atoms with van der Waals surface area (Å²) in [5.41, 5.74) is 2.11. The predicted octanol–water partition coefficient (Wildman–Crippen LogP) is 5.01. The first-order valence-electron chi connectivity index (χ1n) is 11.8. The van der Waals surface area contributed by atoms with Crippen molar-refractivity contribution in [3.63, 3.8) is 0 Å². The molecule has 2 aromatic carbocycles. The van der Waals surface area contributed by atoms with E-state index in [-0.39, 0.29) is 29.1 Å². The lowest BCUT2D eigenvalue weighted by molar-refractivity contribution is -0.122. The maximum Gasteiger partial charge on any atom is 0.308 e. The van der Waals surface area contributed by atoms with Crippen LogP contribution in [0.2, 0.25) is 0 Å². The molecule has 1 saturated heterocycles. The number of rotatable bonds is 5. The Kier molecular flexibility index (Phi) is 6.37. The summed E-state index contributed by atoms with van der Waals surface area (Å²) in [5.74, 6) is -1.93. The van der Waals surface area contributed by atoms with Gasteiger partial charge in [-0.15, -0.1) is 0 Å². The summed E-state index contributed by atoms with van der Waals surface area (Å²) in [4.78, 5) is 55.0. The number of amides is 3. The first kappa shape index (κ1) is 24.9. The molecule has 0 spiro atoms. The third-order valence-corrected chi connectivity index (χ3v) is 9.72. The molecule has 11 heteroatoms. The number of thiazole rings is 1. The molecule has 2 unspecified atom stereocenters. The van der Waals surface area contributed by atoms with Crippen LogP contribution >= 0.6 is 39.0 Å². The lowest BCUT2D eigenvalue weighted by Crippen LogP contribution is -2.32. The minimum absolute atomic E-state index is 0.216. The fourth-order valence-corrected chi connectivity index (χ4v) is 7.96. The molecule has 3 atom stereocenters. The largest absolute Gasteiger partial charge is 0.469 e. The van der Waals surface area contributed by atoms with Crippen molar-refractivity contribution in [3.8, 4) is 0 Å². The first-order chi connectivity index (χ1) is 18.3. The molecule has 3 amide bonds. The number of fused-ring (bicyclic) bond motifs is 2. The van der Waals surface area contributed by atoms with Gasteiger partial charge < -0.3 is 9.73 Å². The summed E-state index contributed by atoms with van der Waals surface area (Å²) in [6.07, 6.45) is 1.51. The van der Waals surface area contributed by atoms with Gasteiger partial charge in [-0.05, 0) is 61.0 Å². The van der Waals surface area contributed by atoms with Gasteiger partial charge in [-0.2, -0.15) is 0 Å². The summed E-state index contributed by atoms with van der Waals surface area (Å²) in [6.45, 7) is 1.71. The van der Waals surface area contributed by atoms with Crippen molar-refractivity contribution in [1.29, 1.82) is 0 Å². The fourth-order valence-electron chi connectivity index (χ4n) is 4.94. The van der Waals surface area contributed by atoms with Crippen molar-refractivity contribution >= 4 is 68.1 Å². The van der Waals surface area contributed by atoms with Crippen molar-refractivity contribution < 1.29 is 18.8 Å². The molecule has 2 aliphatic rings. The minimum Gasteiger partial charge on any atom is -0.469 e. The van der Waals surface area contributed by atoms with E-state index in [0.717, 1.165) is 21.4 Å². The molecule has 6 rings (SSSR count). The van der Waals surface area contributed by atoms with Crippen molar-refractivity contribution in [3.05, 3.63) is 97.3 Å². The average molecular weight is 611 g/mol. The Hall–Kier alpha value is -3.41. The number of halogens is 1. The molecule has 38 heavy (non-hydrogen) atoms. The molecule has 4 heterocycles. The van der Waals surface area contributed by atoms with Crippen LogP contribution in [0, 0.1) is 12.8 Å². The third kappa shape index (κ3) is 4.24. The molecule has 8 nitrogen and oxygen atoms in total. The van der Waals surface area contributed by atoms with Gasteiger partial charge in [0.15, 0.2) is 0 Å². The Morgan fingerprint density at radius 2 is 1.84 bits per heavy atom. The summed E-state index contributed by atoms with van der Waals surface area (Å²) >= 11 is 5.54. The second kappa shape index (κ2) is 9.72. The van der Waals surface area contributed by atoms with Gasteiger partial charge in [0.25, 0.3) is 0 Å². The van der Waals surface area contributed by atoms with Crippen LogP contribution in [0.1, 0.15) is 22.1 Å². The Morgan fingerprint density at radius 3 is 2.55 bits per heavy atom. The van der Waals surface area contributed by atoms with E-state index in [1.165, 1.54) is 27.5 Å². The molecule has 0 saturated carbocycles. The number of aromatic nitrogens is 1. The molecule has 1 N–H and O–H groups in total. The van der Waals surface area contributed by atoms with Crippen LogP contribution in [0.5, 0.6) is 0 Å². The third-order valence-electron chi connectivity index (χ3n) is 6.59. The van der Waals surface area contributed by atoms with Crippen LogP contribution in [0.25, 0.3) is 0 Å². The molecule has 0 radical (unpaired) electrons. The Bertz CT molecular complexity index is 1630. The monoisotopic (exact) mass is 609 g/mol. The van der Waals surface area contributed by atoms with Crippen LogP contribution < -0.4 is 15.1 Å². The van der Waals surface area contributed by atoms with Crippen LogP contribution in [-0.2, 0) is 20.9 Å². The summed E-state index contributed by atoms with van der Waals surface area (Å²) in [7, 11) is 0. The van der Waals surface area contributed by atoms with Gasteiger partial charge in [0.1, 0.15) is 17.6 Å². The molecule has 2 aromatic heterocycles. The van der Waals surface area contributed by atoms with Crippen LogP contribution in [0.3, 0.4) is 0 Å². The summed E-state index contributed by atoms with van der Waals surface area (Å²) in [5, 5.41) is 2.58. The second-order valence-electron chi connectivity index (χ2n) is 9.09. The molecule has 4 aromatic rings. The number of furan rings is 1. The zero-order valence-electron chi connectivity index (χ0n) is 19.9. The van der Waals surface area contributed by atoms with E-state index in [1.807, 2.05) is 25.1 Å². The molecular formula is C27H20BrN3O5S2. The van der Waals surface area contributed by atoms with Gasteiger partial charge >= 0.3 is 4.87 Å². The molecule has 0 aliphatic carbocycles. The fraction of sp³-hybridized carbons (Fsp3) is 0.185. The number of hydrogen-bond acceptors (Lipinski definition) is 7. The number of nitrogens with one attached hydrogen (secondary N) is 1. The van der Waals surface area contributed by atoms with Crippen LogP contribution in [0.4, 0.5) is 11.4 Å². The van der Waals surface area contributed by atoms with Crippen molar-refractivity contribution in [2.24, 2.45) is 5.92 Å². The van der Waals surface area contributed by atoms with E-state index in [4.69, 9.17) is 4.42 Å². The van der Waals surface area contributed by atoms with Crippen molar-refractivity contribution in [1.82, 2.24) is 4.57 Å². The number of aryl methyl sites for hydroxylation is 1. The van der Waals surface area contributed by atoms with Gasteiger partial charge in [0, 0.05) is 10.2 Å². The highest BCUT2D eigenvalue weighted by molar-refractivity contribution is 9.10. The molecule has 0 bridgehead atoms. The number of imide groups is 1. The summed E-state index contributed by atoms with van der Waals surface area (Å²) < 4.78 is 7.94. The molecular weight excluding hydrogens is 590 g/mol. The maximum absolute atomic E-state index is 13.7. The SMILES string of the molecule is Cc1cccc(NC(=O)Cn2c3c(sc2=O)[C@H](c2ccco2)C2C(=O)N(c4ccc(Br)cc4)C(=O)C2S3)c1. The minimum atomic E-state index is -0.770. The average Bonchev–Trinajstić information content (AvgIpc) is 3.58. The van der Waals surface area contributed by atoms with Gasteiger partial charge in [-0.3, -0.25) is 23.7 Å². The quantitative estimate of drug-likeness (QED) is 0.319. The van der Waals surface area contributed by atoms with Crippen molar-refractivity contribution in [2.45, 2.75) is 29.7 Å². The Labute approximate surface area is 233 Å². The van der Waals surface area contributed by atoms with E-state index in [1.54, 1.807) is 42.5 Å². The standard InChI is InChI=1S/C27H20BrN3O5S2/c1-14-4-2-5-16(12-14)29-19(32)13-30-26-23(38-27(30)35)20(18-6-3-11-36-18)21-22(37-26)25(34)31(24(21)33)17-9-7-15(28)8-10-17/h2-12,20-22H,13H2,1H3,(H,29,32)/t20-,21?,22?/m1/s1. The molecule has 192 valence electrons. The number of carbonyl (C=O) groups is 3. The van der Waals surface area contributed by atoms with E-state index in [0.29, 0.717) is 27.0 Å². The zero-order chi connectivity index (χ0) is 26.6. The smallest absolute Gasteiger partial charge is 0.308 e. The van der Waals surface area contributed by atoms with Gasteiger partial charge in [-0.1, -0.05) is 51.2 Å². The number of hydrogen-bond donors (Lipinski definition) is 1. The van der Waals surface area contributed by atoms with E-state index in [2.05, 4.69) is 21.2 Å². The van der Waals surface area contributed by atoms with Crippen LogP contribution in [0.15, 0.2) is 85.6 Å². The zero-order valence-corrected chi connectivity index (χ0v) is 23.1. The van der Waals surface area contributed by atoms with E-state index >= 15 is 0 Å². The highest BCUT2D eigenvalue weighted by Gasteiger charge is 2.57. The van der Waals surface area contributed by atoms with Gasteiger partial charge in [0.2, 0.25) is 17.7 Å². The highest BCUT2D eigenvalue weighted by atomic mass is 79.9. The number of benzene rings is 2. The van der Waals surface area contributed by atoms with E-state index in [9.17, 15) is 19.2 Å². The lowest BCUT2D eigenvalue weighted by Gasteiger charge is -2.29. The first-order valence-corrected chi connectivity index (χ1v) is 14.2. The van der Waals surface area contributed by atoms with Crippen molar-refractivity contribution in [2.75, 3.05) is 10.2 Å². The summed E-state index contributed by atoms with van der Waals surface area (Å²) in [6, 6.07) is 17.8. The normalized spacial score (nSPS) is 20.4. The van der Waals surface area contributed by atoms with Gasteiger partial charge in [-0.25, -0.2) is 4.90 Å². The maximum atomic E-state index is 13.7. The number of carbonyl (C=O) groups excluding carboxylic acids is 3. The Balaban J connectivity index is 1.38. The molecule has 2 aliphatic heterocycles. The van der Waals surface area contributed by atoms with Gasteiger partial charge in [0.05, 0.1) is 33.7 Å². The predicted molar refractivity (Wildman–Crippen MR) is 149 cm³/mol. The highest BCUT2D eigenvalue weighted by Crippen LogP contribution is 2.53. The number of thioether (sulfide) groups is 1.